The van der Waals surface area contributed by atoms with Crippen molar-refractivity contribution < 1.29 is 69.5 Å². The number of hydrogen-bond acceptors (Lipinski definition) is 4. The fraction of sp³-hybridized carbons (Fsp3) is 1.00. The molecule has 0 saturated carbocycles. The Hall–Kier alpha value is 1.51. The van der Waals surface area contributed by atoms with Gasteiger partial charge in [-0.25, -0.2) is 8.42 Å². The van der Waals surface area contributed by atoms with Gasteiger partial charge < -0.3 is 9.66 Å². The van der Waals surface area contributed by atoms with Crippen molar-refractivity contribution in [3.05, 3.63) is 0 Å². The van der Waals surface area contributed by atoms with E-state index in [9.17, 15) is 18.1 Å². The van der Waals surface area contributed by atoms with Gasteiger partial charge in [0, 0.05) is 5.25 Å². The molecule has 2 atom stereocenters. The molecular formula is C22H45KO4S. The minimum atomic E-state index is -4.17. The topological polar surface area (TPSA) is 77.4 Å². The first-order valence-corrected chi connectivity index (χ1v) is 13.0. The van der Waals surface area contributed by atoms with E-state index in [4.69, 9.17) is 0 Å². The summed E-state index contributed by atoms with van der Waals surface area (Å²) in [7, 11) is -4.17. The van der Waals surface area contributed by atoms with Crippen LogP contribution in [0.1, 0.15) is 129 Å². The minimum Gasteiger partial charge on any atom is -0.748 e. The van der Waals surface area contributed by atoms with E-state index >= 15 is 0 Å². The number of aliphatic hydroxyl groups excluding tert-OH is 1. The third kappa shape index (κ3) is 22.2. The summed E-state index contributed by atoms with van der Waals surface area (Å²) < 4.78 is 32.4. The summed E-state index contributed by atoms with van der Waals surface area (Å²) in [6.45, 7) is 3.71. The largest absolute Gasteiger partial charge is 1.00 e. The molecule has 0 aromatic carbocycles. The zero-order valence-electron chi connectivity index (χ0n) is 19.0. The van der Waals surface area contributed by atoms with Crippen LogP contribution in [0.3, 0.4) is 0 Å². The molecular weight excluding hydrogens is 399 g/mol. The third-order valence-corrected chi connectivity index (χ3v) is 6.75. The van der Waals surface area contributed by atoms with Crippen LogP contribution < -0.4 is 51.4 Å². The zero-order valence-corrected chi connectivity index (χ0v) is 22.9. The Balaban J connectivity index is 0. The maximum absolute atomic E-state index is 10.8. The van der Waals surface area contributed by atoms with Crippen LogP contribution in [0, 0.1) is 0 Å². The van der Waals surface area contributed by atoms with Crippen molar-refractivity contribution in [2.24, 2.45) is 0 Å². The summed E-state index contributed by atoms with van der Waals surface area (Å²) in [6.07, 6.45) is 20.5. The molecule has 0 spiro atoms. The summed E-state index contributed by atoms with van der Waals surface area (Å²) in [5.74, 6) is 0. The van der Waals surface area contributed by atoms with E-state index in [1.165, 1.54) is 90.4 Å². The van der Waals surface area contributed by atoms with E-state index in [0.29, 0.717) is 19.3 Å². The molecule has 0 rings (SSSR count). The third-order valence-electron chi connectivity index (χ3n) is 5.53. The minimum absolute atomic E-state index is 0. The van der Waals surface area contributed by atoms with Gasteiger partial charge in [-0.1, -0.05) is 96.8 Å². The molecule has 0 aliphatic rings. The number of rotatable bonds is 20. The Bertz CT molecular complexity index is 415. The summed E-state index contributed by atoms with van der Waals surface area (Å²) in [5, 5.41) is 9.09. The van der Waals surface area contributed by atoms with Gasteiger partial charge in [0.15, 0.2) is 0 Å². The summed E-state index contributed by atoms with van der Waals surface area (Å²) in [5.41, 5.74) is 0. The molecule has 2 unspecified atom stereocenters. The monoisotopic (exact) mass is 444 g/mol. The Morgan fingerprint density at radius 1 is 0.679 bits per heavy atom. The standard InChI is InChI=1S/C22H46O4S.K/c1-3-4-5-6-7-8-9-10-11-12-13-14-15-16-19-22(23)20-17-18-21(2)27(24,25)26;/h21-23H,3-20H2,1-2H3,(H,24,25,26);/q;+1/p-1. The van der Waals surface area contributed by atoms with E-state index in [1.807, 2.05) is 0 Å². The molecule has 6 heteroatoms. The molecule has 1 N–H and O–H groups in total. The van der Waals surface area contributed by atoms with Crippen molar-refractivity contribution in [1.29, 1.82) is 0 Å². The average Bonchev–Trinajstić information content (AvgIpc) is 2.61. The van der Waals surface area contributed by atoms with E-state index in [0.717, 1.165) is 12.8 Å². The molecule has 0 saturated heterocycles. The summed E-state index contributed by atoms with van der Waals surface area (Å²) in [6, 6.07) is 0. The van der Waals surface area contributed by atoms with Crippen LogP contribution in [0.15, 0.2) is 0 Å². The van der Waals surface area contributed by atoms with Gasteiger partial charge in [-0.05, 0) is 32.6 Å². The van der Waals surface area contributed by atoms with Gasteiger partial charge in [0.05, 0.1) is 16.2 Å². The fourth-order valence-electron chi connectivity index (χ4n) is 3.50. The van der Waals surface area contributed by atoms with Crippen LogP contribution in [-0.4, -0.2) is 29.4 Å². The van der Waals surface area contributed by atoms with Gasteiger partial charge in [-0.3, -0.25) is 0 Å². The molecule has 0 aromatic heterocycles. The maximum atomic E-state index is 10.8. The zero-order chi connectivity index (χ0) is 20.4. The van der Waals surface area contributed by atoms with Crippen molar-refractivity contribution in [2.45, 2.75) is 141 Å². The first-order valence-electron chi connectivity index (χ1n) is 11.5. The quantitative estimate of drug-likeness (QED) is 0.177. The van der Waals surface area contributed by atoms with Crippen molar-refractivity contribution >= 4 is 10.1 Å². The fourth-order valence-corrected chi connectivity index (χ4v) is 3.96. The van der Waals surface area contributed by atoms with Crippen LogP contribution in [0.4, 0.5) is 0 Å². The molecule has 0 aliphatic carbocycles. The van der Waals surface area contributed by atoms with Crippen LogP contribution in [0.25, 0.3) is 0 Å². The molecule has 0 fully saturated rings. The Morgan fingerprint density at radius 2 is 1.04 bits per heavy atom. The molecule has 0 aliphatic heterocycles. The second-order valence-electron chi connectivity index (χ2n) is 8.27. The Morgan fingerprint density at radius 3 is 1.43 bits per heavy atom. The molecule has 0 amide bonds. The van der Waals surface area contributed by atoms with Crippen LogP contribution in [-0.2, 0) is 10.1 Å². The van der Waals surface area contributed by atoms with E-state index in [2.05, 4.69) is 6.92 Å². The maximum Gasteiger partial charge on any atom is 1.00 e. The SMILES string of the molecule is CCCCCCCCCCCCCCCCC(O)CCCC(C)S(=O)(=O)[O-].[K+]. The van der Waals surface area contributed by atoms with E-state index in [-0.39, 0.29) is 57.5 Å². The normalized spacial score (nSPS) is 13.9. The number of unbranched alkanes of at least 4 members (excludes halogenated alkanes) is 13. The number of aliphatic hydroxyl groups is 1. The van der Waals surface area contributed by atoms with Crippen LogP contribution in [0.2, 0.25) is 0 Å². The average molecular weight is 445 g/mol. The molecule has 164 valence electrons. The van der Waals surface area contributed by atoms with Crippen molar-refractivity contribution in [1.82, 2.24) is 0 Å². The van der Waals surface area contributed by atoms with Gasteiger partial charge in [-0.15, -0.1) is 0 Å². The molecule has 0 aromatic rings. The smallest absolute Gasteiger partial charge is 0.748 e. The van der Waals surface area contributed by atoms with E-state index in [1.54, 1.807) is 0 Å². The summed E-state index contributed by atoms with van der Waals surface area (Å²) >= 11 is 0. The summed E-state index contributed by atoms with van der Waals surface area (Å²) in [4.78, 5) is 0. The first-order chi connectivity index (χ1) is 12.9. The molecule has 4 nitrogen and oxygen atoms in total. The van der Waals surface area contributed by atoms with E-state index < -0.39 is 15.4 Å². The Kier molecular flexibility index (Phi) is 24.6. The van der Waals surface area contributed by atoms with Crippen LogP contribution >= 0.6 is 0 Å². The predicted molar refractivity (Wildman–Crippen MR) is 114 cm³/mol. The second kappa shape index (κ2) is 21.7. The van der Waals surface area contributed by atoms with Gasteiger partial charge in [0.1, 0.15) is 0 Å². The predicted octanol–water partition coefficient (Wildman–Crippen LogP) is 3.33. The van der Waals surface area contributed by atoms with Gasteiger partial charge >= 0.3 is 51.4 Å². The molecule has 0 bridgehead atoms. The van der Waals surface area contributed by atoms with Crippen LogP contribution in [0.5, 0.6) is 0 Å². The molecule has 28 heavy (non-hydrogen) atoms. The van der Waals surface area contributed by atoms with Gasteiger partial charge in [-0.2, -0.15) is 0 Å². The molecule has 0 heterocycles. The second-order valence-corrected chi connectivity index (χ2v) is 10.1. The van der Waals surface area contributed by atoms with Gasteiger partial charge in [0.2, 0.25) is 0 Å². The van der Waals surface area contributed by atoms with Gasteiger partial charge in [0.25, 0.3) is 0 Å². The van der Waals surface area contributed by atoms with Crippen molar-refractivity contribution in [2.75, 3.05) is 0 Å². The van der Waals surface area contributed by atoms with Crippen molar-refractivity contribution in [3.63, 3.8) is 0 Å². The number of hydrogen-bond donors (Lipinski definition) is 1. The van der Waals surface area contributed by atoms with Crippen molar-refractivity contribution in [3.8, 4) is 0 Å². The molecule has 0 radical (unpaired) electrons. The Labute approximate surface area is 218 Å². The first kappa shape index (κ1) is 31.7.